The van der Waals surface area contributed by atoms with Gasteiger partial charge < -0.3 is 5.11 Å². The predicted molar refractivity (Wildman–Crippen MR) is 152 cm³/mol. The maximum Gasteiger partial charge on any atom is 0.336 e. The summed E-state index contributed by atoms with van der Waals surface area (Å²) in [5.74, 6) is -2.61. The molecule has 1 saturated carbocycles. The van der Waals surface area contributed by atoms with Crippen LogP contribution in [0.2, 0.25) is 0 Å². The fraction of sp³-hybridized carbons (Fsp3) is 0.207. The molecule has 1 aliphatic carbocycles. The highest BCUT2D eigenvalue weighted by atomic mass is 32.2. The minimum Gasteiger partial charge on any atom is -0.478 e. The van der Waals surface area contributed by atoms with Crippen LogP contribution in [-0.4, -0.2) is 41.1 Å². The number of rotatable bonds is 9. The lowest BCUT2D eigenvalue weighted by Crippen LogP contribution is -2.32. The second-order valence-corrected chi connectivity index (χ2v) is 12.2. The van der Waals surface area contributed by atoms with Crippen molar-refractivity contribution in [3.8, 4) is 11.1 Å². The van der Waals surface area contributed by atoms with Crippen LogP contribution >= 0.6 is 11.3 Å². The standard InChI is InChI=1S/C29H26N4O6S2/c1-2-25-31-33(29(40-25)30-27(35)22-8-3-4-9-23(22)28(36)37)17-18-11-13-19(14-12-18)21-7-5-6-10-24(21)41(38,39)32-26(34)20-15-16-20/h3-14,20H,2,15-17H2,1H3,(H,32,34)(H,36,37). The third-order valence-electron chi connectivity index (χ3n) is 6.51. The van der Waals surface area contributed by atoms with Crippen LogP contribution in [0.15, 0.2) is 82.7 Å². The van der Waals surface area contributed by atoms with E-state index in [-0.39, 0.29) is 28.5 Å². The van der Waals surface area contributed by atoms with Crippen LogP contribution in [-0.2, 0) is 27.8 Å². The normalized spacial score (nSPS) is 13.6. The molecular weight excluding hydrogens is 564 g/mol. The van der Waals surface area contributed by atoms with Crippen molar-refractivity contribution in [1.29, 1.82) is 0 Å². The number of aryl methyl sites for hydroxylation is 1. The van der Waals surface area contributed by atoms with Crippen molar-refractivity contribution in [2.45, 2.75) is 37.6 Å². The van der Waals surface area contributed by atoms with Gasteiger partial charge in [0.05, 0.1) is 22.6 Å². The average molecular weight is 591 g/mol. The summed E-state index contributed by atoms with van der Waals surface area (Å²) in [7, 11) is -4.04. The molecule has 0 radical (unpaired) electrons. The van der Waals surface area contributed by atoms with Crippen molar-refractivity contribution in [2.75, 3.05) is 0 Å². The number of carboxylic acid groups (broad SMARTS) is 1. The van der Waals surface area contributed by atoms with Crippen LogP contribution in [0.4, 0.5) is 0 Å². The molecule has 2 amide bonds. The molecule has 41 heavy (non-hydrogen) atoms. The second kappa shape index (κ2) is 11.6. The summed E-state index contributed by atoms with van der Waals surface area (Å²) >= 11 is 1.25. The Kier molecular flexibility index (Phi) is 7.95. The van der Waals surface area contributed by atoms with Gasteiger partial charge in [-0.1, -0.05) is 72.9 Å². The predicted octanol–water partition coefficient (Wildman–Crippen LogP) is 3.88. The number of sulfonamides is 1. The zero-order chi connectivity index (χ0) is 29.1. The van der Waals surface area contributed by atoms with Gasteiger partial charge >= 0.3 is 5.97 Å². The Balaban J connectivity index is 1.42. The van der Waals surface area contributed by atoms with E-state index in [1.165, 1.54) is 29.5 Å². The molecule has 0 bridgehead atoms. The number of amides is 2. The number of benzene rings is 3. The Morgan fingerprint density at radius 2 is 1.66 bits per heavy atom. The van der Waals surface area contributed by atoms with E-state index in [0.717, 1.165) is 10.6 Å². The number of carbonyl (C=O) groups excluding carboxylic acids is 2. The molecule has 0 unspecified atom stereocenters. The van der Waals surface area contributed by atoms with E-state index in [2.05, 4.69) is 14.8 Å². The van der Waals surface area contributed by atoms with Gasteiger partial charge in [-0.2, -0.15) is 10.1 Å². The van der Waals surface area contributed by atoms with Gasteiger partial charge in [0.15, 0.2) is 0 Å². The molecule has 5 rings (SSSR count). The monoisotopic (exact) mass is 590 g/mol. The summed E-state index contributed by atoms with van der Waals surface area (Å²) in [5.41, 5.74) is 1.80. The molecule has 3 aromatic carbocycles. The van der Waals surface area contributed by atoms with E-state index in [9.17, 15) is 27.9 Å². The van der Waals surface area contributed by atoms with E-state index in [0.29, 0.717) is 35.2 Å². The summed E-state index contributed by atoms with van der Waals surface area (Å²) in [6.07, 6.45) is 2.02. The largest absolute Gasteiger partial charge is 0.478 e. The number of hydrogen-bond donors (Lipinski definition) is 2. The Morgan fingerprint density at radius 3 is 2.32 bits per heavy atom. The van der Waals surface area contributed by atoms with Gasteiger partial charge in [-0.05, 0) is 48.6 Å². The van der Waals surface area contributed by atoms with Crippen LogP contribution in [0.3, 0.4) is 0 Å². The van der Waals surface area contributed by atoms with E-state index < -0.39 is 27.8 Å². The number of aromatic carboxylic acids is 1. The first-order chi connectivity index (χ1) is 19.7. The Hall–Kier alpha value is -4.42. The first-order valence-electron chi connectivity index (χ1n) is 12.9. The van der Waals surface area contributed by atoms with Crippen molar-refractivity contribution in [3.63, 3.8) is 0 Å². The fourth-order valence-electron chi connectivity index (χ4n) is 4.20. The first kappa shape index (κ1) is 28.1. The topological polar surface area (TPSA) is 148 Å². The molecule has 0 aliphatic heterocycles. The van der Waals surface area contributed by atoms with Crippen LogP contribution in [0, 0.1) is 5.92 Å². The average Bonchev–Trinajstić information content (AvgIpc) is 3.76. The number of hydrogen-bond acceptors (Lipinski definition) is 7. The van der Waals surface area contributed by atoms with E-state index in [1.54, 1.807) is 47.1 Å². The van der Waals surface area contributed by atoms with Crippen molar-refractivity contribution < 1.29 is 27.9 Å². The summed E-state index contributed by atoms with van der Waals surface area (Å²) in [5, 5.41) is 14.8. The van der Waals surface area contributed by atoms with Crippen LogP contribution in [0.5, 0.6) is 0 Å². The summed E-state index contributed by atoms with van der Waals surface area (Å²) in [6.45, 7) is 2.21. The summed E-state index contributed by atoms with van der Waals surface area (Å²) in [4.78, 5) is 41.2. The Morgan fingerprint density at radius 1 is 1.00 bits per heavy atom. The van der Waals surface area contributed by atoms with Crippen LogP contribution in [0.25, 0.3) is 11.1 Å². The molecule has 0 spiro atoms. The minimum absolute atomic E-state index is 0.00992. The molecule has 4 aromatic rings. The Bertz CT molecular complexity index is 1820. The smallest absolute Gasteiger partial charge is 0.336 e. The maximum atomic E-state index is 13.0. The van der Waals surface area contributed by atoms with Gasteiger partial charge in [0.25, 0.3) is 15.9 Å². The number of aromatic nitrogens is 2. The molecular formula is C29H26N4O6S2. The van der Waals surface area contributed by atoms with Gasteiger partial charge in [0, 0.05) is 11.5 Å². The van der Waals surface area contributed by atoms with Gasteiger partial charge in [0.1, 0.15) is 5.01 Å². The maximum absolute atomic E-state index is 13.0. The van der Waals surface area contributed by atoms with Crippen molar-refractivity contribution in [1.82, 2.24) is 14.5 Å². The summed E-state index contributed by atoms with van der Waals surface area (Å²) in [6, 6.07) is 19.6. The fourth-order valence-corrected chi connectivity index (χ4v) is 6.31. The quantitative estimate of drug-likeness (QED) is 0.301. The highest BCUT2D eigenvalue weighted by Gasteiger charge is 2.33. The molecule has 0 saturated heterocycles. The zero-order valence-corrected chi connectivity index (χ0v) is 23.6. The molecule has 1 fully saturated rings. The van der Waals surface area contributed by atoms with Crippen molar-refractivity contribution in [2.24, 2.45) is 10.9 Å². The number of carbonyl (C=O) groups is 3. The highest BCUT2D eigenvalue weighted by Crippen LogP contribution is 2.31. The lowest BCUT2D eigenvalue weighted by Gasteiger charge is -2.12. The van der Waals surface area contributed by atoms with Gasteiger partial charge in [-0.15, -0.1) is 0 Å². The molecule has 0 atom stereocenters. The molecule has 210 valence electrons. The van der Waals surface area contributed by atoms with Crippen LogP contribution < -0.4 is 9.52 Å². The molecule has 12 heteroatoms. The minimum atomic E-state index is -4.04. The van der Waals surface area contributed by atoms with Gasteiger partial charge in [0.2, 0.25) is 10.7 Å². The lowest BCUT2D eigenvalue weighted by atomic mass is 10.0. The first-order valence-corrected chi connectivity index (χ1v) is 15.2. The third-order valence-corrected chi connectivity index (χ3v) is 9.00. The van der Waals surface area contributed by atoms with Gasteiger partial charge in [-0.3, -0.25) is 9.59 Å². The number of carboxylic acids is 1. The molecule has 2 N–H and O–H groups in total. The van der Waals surface area contributed by atoms with Gasteiger partial charge in [-0.25, -0.2) is 22.6 Å². The zero-order valence-electron chi connectivity index (χ0n) is 22.0. The van der Waals surface area contributed by atoms with E-state index in [4.69, 9.17) is 0 Å². The molecule has 1 aliphatic rings. The third kappa shape index (κ3) is 6.34. The van der Waals surface area contributed by atoms with Crippen molar-refractivity contribution >= 4 is 39.1 Å². The molecule has 1 heterocycles. The van der Waals surface area contributed by atoms with Crippen molar-refractivity contribution in [3.05, 3.63) is 99.3 Å². The summed E-state index contributed by atoms with van der Waals surface area (Å²) < 4.78 is 29.7. The number of nitrogens with one attached hydrogen (secondary N) is 1. The lowest BCUT2D eigenvalue weighted by molar-refractivity contribution is -0.120. The molecule has 1 aromatic heterocycles. The second-order valence-electron chi connectivity index (χ2n) is 9.49. The van der Waals surface area contributed by atoms with Crippen LogP contribution in [0.1, 0.15) is 51.1 Å². The number of nitrogens with zero attached hydrogens (tertiary/aromatic N) is 3. The van der Waals surface area contributed by atoms with E-state index >= 15 is 0 Å². The SMILES string of the molecule is CCc1nn(Cc2ccc(-c3ccccc3S(=O)(=O)NC(=O)C3CC3)cc2)c(=NC(=O)c2ccccc2C(=O)O)s1. The Labute approximate surface area is 240 Å². The highest BCUT2D eigenvalue weighted by molar-refractivity contribution is 7.90. The molecule has 10 nitrogen and oxygen atoms in total. The van der Waals surface area contributed by atoms with E-state index in [1.807, 2.05) is 19.1 Å².